The lowest BCUT2D eigenvalue weighted by Gasteiger charge is -2.14. The number of benzene rings is 2. The van der Waals surface area contributed by atoms with Crippen LogP contribution in [0.5, 0.6) is 11.5 Å². The summed E-state index contributed by atoms with van der Waals surface area (Å²) in [6.45, 7) is 2.53. The molecule has 98 valence electrons. The summed E-state index contributed by atoms with van der Waals surface area (Å²) in [4.78, 5) is 10.6. The van der Waals surface area contributed by atoms with Crippen LogP contribution in [0.2, 0.25) is 0 Å². The van der Waals surface area contributed by atoms with Gasteiger partial charge in [0.05, 0.1) is 6.61 Å². The molecule has 0 aromatic heterocycles. The SMILES string of the molecule is C[C@@H](COc1ccc(C=O)cc1O)c1ccccc1. The van der Waals surface area contributed by atoms with Gasteiger partial charge in [0.1, 0.15) is 6.29 Å². The summed E-state index contributed by atoms with van der Waals surface area (Å²) in [5.41, 5.74) is 1.62. The first-order chi connectivity index (χ1) is 9.20. The molecule has 2 aromatic rings. The van der Waals surface area contributed by atoms with Crippen LogP contribution in [0, 0.1) is 0 Å². The van der Waals surface area contributed by atoms with Gasteiger partial charge in [-0.2, -0.15) is 0 Å². The third kappa shape index (κ3) is 3.35. The van der Waals surface area contributed by atoms with Crippen molar-refractivity contribution in [2.75, 3.05) is 6.61 Å². The van der Waals surface area contributed by atoms with Crippen molar-refractivity contribution >= 4 is 6.29 Å². The van der Waals surface area contributed by atoms with Gasteiger partial charge in [-0.1, -0.05) is 37.3 Å². The second kappa shape index (κ2) is 6.05. The fraction of sp³-hybridized carbons (Fsp3) is 0.188. The molecular weight excluding hydrogens is 240 g/mol. The number of phenolic OH excluding ortho intramolecular Hbond substituents is 1. The van der Waals surface area contributed by atoms with Gasteiger partial charge in [-0.25, -0.2) is 0 Å². The largest absolute Gasteiger partial charge is 0.504 e. The van der Waals surface area contributed by atoms with Gasteiger partial charge in [-0.3, -0.25) is 4.79 Å². The molecule has 0 fully saturated rings. The van der Waals surface area contributed by atoms with E-state index in [4.69, 9.17) is 4.74 Å². The summed E-state index contributed by atoms with van der Waals surface area (Å²) < 4.78 is 5.59. The fourth-order valence-corrected chi connectivity index (χ4v) is 1.82. The number of phenols is 1. The minimum absolute atomic E-state index is 0.00939. The number of aldehydes is 1. The van der Waals surface area contributed by atoms with Crippen molar-refractivity contribution in [2.24, 2.45) is 0 Å². The maximum absolute atomic E-state index is 10.6. The molecule has 3 heteroatoms. The first-order valence-corrected chi connectivity index (χ1v) is 6.16. The fourth-order valence-electron chi connectivity index (χ4n) is 1.82. The van der Waals surface area contributed by atoms with Crippen LogP contribution in [-0.2, 0) is 0 Å². The molecule has 0 aliphatic carbocycles. The molecule has 2 aromatic carbocycles. The van der Waals surface area contributed by atoms with Crippen LogP contribution in [0.25, 0.3) is 0 Å². The molecule has 0 aliphatic rings. The maximum atomic E-state index is 10.6. The molecule has 3 nitrogen and oxygen atoms in total. The monoisotopic (exact) mass is 256 g/mol. The third-order valence-corrected chi connectivity index (χ3v) is 2.98. The minimum atomic E-state index is -0.00939. The zero-order valence-corrected chi connectivity index (χ0v) is 10.7. The average molecular weight is 256 g/mol. The summed E-state index contributed by atoms with van der Waals surface area (Å²) in [5.74, 6) is 0.615. The lowest BCUT2D eigenvalue weighted by Crippen LogP contribution is -2.07. The summed E-state index contributed by atoms with van der Waals surface area (Å²) in [6.07, 6.45) is 0.691. The van der Waals surface area contributed by atoms with Crippen LogP contribution in [0.1, 0.15) is 28.8 Å². The number of carbonyl (C=O) groups is 1. The number of carbonyl (C=O) groups excluding carboxylic acids is 1. The van der Waals surface area contributed by atoms with E-state index in [1.54, 1.807) is 12.1 Å². The first kappa shape index (κ1) is 13.1. The smallest absolute Gasteiger partial charge is 0.160 e. The summed E-state index contributed by atoms with van der Waals surface area (Å²) >= 11 is 0. The molecule has 1 N–H and O–H groups in total. The predicted octanol–water partition coefficient (Wildman–Crippen LogP) is 3.39. The van der Waals surface area contributed by atoms with Gasteiger partial charge in [0.15, 0.2) is 11.5 Å². The molecule has 0 saturated heterocycles. The summed E-state index contributed by atoms with van der Waals surface area (Å²) in [7, 11) is 0. The Bertz CT molecular complexity index is 549. The van der Waals surface area contributed by atoms with E-state index in [2.05, 4.69) is 6.92 Å². The third-order valence-electron chi connectivity index (χ3n) is 2.98. The zero-order chi connectivity index (χ0) is 13.7. The predicted molar refractivity (Wildman–Crippen MR) is 73.8 cm³/mol. The molecule has 2 rings (SSSR count). The Morgan fingerprint density at radius 3 is 2.58 bits per heavy atom. The van der Waals surface area contributed by atoms with Gasteiger partial charge in [0, 0.05) is 11.5 Å². The first-order valence-electron chi connectivity index (χ1n) is 6.16. The number of hydrogen-bond donors (Lipinski definition) is 1. The Hall–Kier alpha value is -2.29. The van der Waals surface area contributed by atoms with Gasteiger partial charge in [-0.15, -0.1) is 0 Å². The van der Waals surface area contributed by atoms with Gasteiger partial charge < -0.3 is 9.84 Å². The highest BCUT2D eigenvalue weighted by Crippen LogP contribution is 2.27. The molecule has 0 saturated carbocycles. The highest BCUT2D eigenvalue weighted by molar-refractivity contribution is 5.76. The second-order valence-corrected chi connectivity index (χ2v) is 4.47. The van der Waals surface area contributed by atoms with E-state index < -0.39 is 0 Å². The quantitative estimate of drug-likeness (QED) is 0.834. The Morgan fingerprint density at radius 2 is 1.95 bits per heavy atom. The number of hydrogen-bond acceptors (Lipinski definition) is 3. The van der Waals surface area contributed by atoms with Crippen LogP contribution >= 0.6 is 0 Å². The minimum Gasteiger partial charge on any atom is -0.504 e. The van der Waals surface area contributed by atoms with E-state index in [0.29, 0.717) is 24.2 Å². The van der Waals surface area contributed by atoms with Crippen molar-refractivity contribution in [3.8, 4) is 11.5 Å². The molecule has 19 heavy (non-hydrogen) atoms. The maximum Gasteiger partial charge on any atom is 0.160 e. The van der Waals surface area contributed by atoms with E-state index in [1.807, 2.05) is 30.3 Å². The van der Waals surface area contributed by atoms with Crippen molar-refractivity contribution in [3.05, 3.63) is 59.7 Å². The van der Waals surface area contributed by atoms with Crippen LogP contribution in [0.4, 0.5) is 0 Å². The molecule has 1 atom stereocenters. The van der Waals surface area contributed by atoms with Crippen molar-refractivity contribution in [1.82, 2.24) is 0 Å². The Labute approximate surface area is 112 Å². The van der Waals surface area contributed by atoms with Crippen molar-refractivity contribution < 1.29 is 14.6 Å². The average Bonchev–Trinajstić information content (AvgIpc) is 2.46. The molecule has 0 radical (unpaired) electrons. The van der Waals surface area contributed by atoms with Crippen molar-refractivity contribution in [1.29, 1.82) is 0 Å². The van der Waals surface area contributed by atoms with Crippen LogP contribution < -0.4 is 4.74 Å². The van der Waals surface area contributed by atoms with E-state index in [-0.39, 0.29) is 11.7 Å². The molecule has 0 aliphatic heterocycles. The number of ether oxygens (including phenoxy) is 1. The topological polar surface area (TPSA) is 46.5 Å². The lowest BCUT2D eigenvalue weighted by atomic mass is 10.0. The second-order valence-electron chi connectivity index (χ2n) is 4.47. The van der Waals surface area contributed by atoms with Crippen molar-refractivity contribution in [2.45, 2.75) is 12.8 Å². The number of rotatable bonds is 5. The number of aromatic hydroxyl groups is 1. The summed E-state index contributed by atoms with van der Waals surface area (Å²) in [6, 6.07) is 14.7. The standard InChI is InChI=1S/C16H16O3/c1-12(14-5-3-2-4-6-14)11-19-16-8-7-13(10-17)9-15(16)18/h2-10,12,18H,11H2,1H3/t12-/m0/s1. The van der Waals surface area contributed by atoms with E-state index in [1.165, 1.54) is 11.6 Å². The van der Waals surface area contributed by atoms with Gasteiger partial charge in [0.2, 0.25) is 0 Å². The molecule has 0 bridgehead atoms. The molecule has 0 heterocycles. The Balaban J connectivity index is 2.01. The van der Waals surface area contributed by atoms with Crippen LogP contribution in [-0.4, -0.2) is 18.0 Å². The van der Waals surface area contributed by atoms with Gasteiger partial charge in [0.25, 0.3) is 0 Å². The van der Waals surface area contributed by atoms with Crippen LogP contribution in [0.15, 0.2) is 48.5 Å². The zero-order valence-electron chi connectivity index (χ0n) is 10.7. The normalized spacial score (nSPS) is 11.8. The van der Waals surface area contributed by atoms with Gasteiger partial charge >= 0.3 is 0 Å². The highest BCUT2D eigenvalue weighted by Gasteiger charge is 2.08. The Morgan fingerprint density at radius 1 is 1.21 bits per heavy atom. The highest BCUT2D eigenvalue weighted by atomic mass is 16.5. The molecular formula is C16H16O3. The Kier molecular flexibility index (Phi) is 4.18. The van der Waals surface area contributed by atoms with E-state index >= 15 is 0 Å². The van der Waals surface area contributed by atoms with E-state index in [9.17, 15) is 9.90 Å². The lowest BCUT2D eigenvalue weighted by molar-refractivity contribution is 0.112. The van der Waals surface area contributed by atoms with Crippen LogP contribution in [0.3, 0.4) is 0 Å². The molecule has 0 unspecified atom stereocenters. The van der Waals surface area contributed by atoms with Gasteiger partial charge in [-0.05, 0) is 23.8 Å². The molecule has 0 amide bonds. The van der Waals surface area contributed by atoms with Crippen molar-refractivity contribution in [3.63, 3.8) is 0 Å². The summed E-state index contributed by atoms with van der Waals surface area (Å²) in [5, 5.41) is 9.72. The molecule has 0 spiro atoms. The van der Waals surface area contributed by atoms with E-state index in [0.717, 1.165) is 0 Å².